The summed E-state index contributed by atoms with van der Waals surface area (Å²) in [5.74, 6) is 1.20. The van der Waals surface area contributed by atoms with Crippen LogP contribution < -0.4 is 0 Å². The van der Waals surface area contributed by atoms with Crippen molar-refractivity contribution in [1.82, 2.24) is 9.80 Å². The molecule has 0 aliphatic carbocycles. The molecular formula is C18H28N2O3. The monoisotopic (exact) mass is 320 g/mol. The lowest BCUT2D eigenvalue weighted by atomic mass is 10.1. The zero-order chi connectivity index (χ0) is 16.2. The first-order chi connectivity index (χ1) is 11.1. The summed E-state index contributed by atoms with van der Waals surface area (Å²) in [6.45, 7) is 6.91. The number of hydrogen-bond donors (Lipinski definition) is 0. The standard InChI is InChI=1S/C18H28N2O3/c1-14-11-20(12-15(2)23-14)18(21)13-19-9-5-3-4-7-16(19)17-8-6-10-22-17/h6,8,10,14-16H,3-5,7,9,11-13H2,1-2H3/t14-,15+,16-/m0/s1. The van der Waals surface area contributed by atoms with Gasteiger partial charge < -0.3 is 14.1 Å². The van der Waals surface area contributed by atoms with Crippen LogP contribution in [0, 0.1) is 0 Å². The summed E-state index contributed by atoms with van der Waals surface area (Å²) in [6.07, 6.45) is 6.61. The second-order valence-electron chi connectivity index (χ2n) is 6.91. The van der Waals surface area contributed by atoms with Gasteiger partial charge in [-0.3, -0.25) is 9.69 Å². The highest BCUT2D eigenvalue weighted by molar-refractivity contribution is 5.78. The lowest BCUT2D eigenvalue weighted by Crippen LogP contribution is -2.51. The Balaban J connectivity index is 1.67. The molecule has 0 unspecified atom stereocenters. The van der Waals surface area contributed by atoms with Crippen LogP contribution in [0.3, 0.4) is 0 Å². The number of ether oxygens (including phenoxy) is 1. The Morgan fingerprint density at radius 1 is 1.22 bits per heavy atom. The number of likely N-dealkylation sites (tertiary alicyclic amines) is 1. The van der Waals surface area contributed by atoms with Crippen molar-refractivity contribution < 1.29 is 13.9 Å². The molecule has 0 N–H and O–H groups in total. The van der Waals surface area contributed by atoms with Gasteiger partial charge in [0, 0.05) is 13.1 Å². The fourth-order valence-electron chi connectivity index (χ4n) is 3.82. The minimum absolute atomic E-state index is 0.118. The molecule has 3 heterocycles. The maximum absolute atomic E-state index is 12.8. The molecule has 3 rings (SSSR count). The van der Waals surface area contributed by atoms with E-state index in [2.05, 4.69) is 4.90 Å². The van der Waals surface area contributed by atoms with E-state index in [4.69, 9.17) is 9.15 Å². The van der Waals surface area contributed by atoms with Gasteiger partial charge in [0.05, 0.1) is 31.1 Å². The Morgan fingerprint density at radius 3 is 2.70 bits per heavy atom. The maximum Gasteiger partial charge on any atom is 0.236 e. The van der Waals surface area contributed by atoms with E-state index in [9.17, 15) is 4.79 Å². The van der Waals surface area contributed by atoms with E-state index < -0.39 is 0 Å². The highest BCUT2D eigenvalue weighted by atomic mass is 16.5. The second kappa shape index (κ2) is 7.49. The van der Waals surface area contributed by atoms with Crippen molar-refractivity contribution in [2.45, 2.75) is 57.8 Å². The summed E-state index contributed by atoms with van der Waals surface area (Å²) in [5, 5.41) is 0. The summed E-state index contributed by atoms with van der Waals surface area (Å²) in [6, 6.07) is 4.20. The Labute approximate surface area is 138 Å². The van der Waals surface area contributed by atoms with Gasteiger partial charge in [-0.2, -0.15) is 0 Å². The predicted octanol–water partition coefficient (Wildman–Crippen LogP) is 2.83. The molecule has 2 saturated heterocycles. The molecule has 2 fully saturated rings. The summed E-state index contributed by atoms with van der Waals surface area (Å²) in [7, 11) is 0. The zero-order valence-corrected chi connectivity index (χ0v) is 14.2. The molecule has 2 aliphatic rings. The minimum Gasteiger partial charge on any atom is -0.468 e. The third-order valence-corrected chi connectivity index (χ3v) is 4.85. The van der Waals surface area contributed by atoms with Crippen molar-refractivity contribution in [2.24, 2.45) is 0 Å². The molecule has 1 amide bonds. The van der Waals surface area contributed by atoms with Gasteiger partial charge in [-0.1, -0.05) is 12.8 Å². The lowest BCUT2D eigenvalue weighted by Gasteiger charge is -2.37. The lowest BCUT2D eigenvalue weighted by molar-refractivity contribution is -0.145. The third-order valence-electron chi connectivity index (χ3n) is 4.85. The Kier molecular flexibility index (Phi) is 5.38. The molecule has 2 aliphatic heterocycles. The fraction of sp³-hybridized carbons (Fsp3) is 0.722. The van der Waals surface area contributed by atoms with Crippen LogP contribution in [0.2, 0.25) is 0 Å². The highest BCUT2D eigenvalue weighted by Gasteiger charge is 2.30. The molecule has 0 saturated carbocycles. The Morgan fingerprint density at radius 2 is 2.00 bits per heavy atom. The quantitative estimate of drug-likeness (QED) is 0.859. The average Bonchev–Trinajstić information content (AvgIpc) is 2.94. The first kappa shape index (κ1) is 16.5. The molecule has 3 atom stereocenters. The Bertz CT molecular complexity index is 492. The van der Waals surface area contributed by atoms with E-state index in [1.165, 1.54) is 12.8 Å². The molecule has 0 bridgehead atoms. The molecule has 128 valence electrons. The van der Waals surface area contributed by atoms with Crippen molar-refractivity contribution in [3.8, 4) is 0 Å². The summed E-state index contributed by atoms with van der Waals surface area (Å²) < 4.78 is 11.4. The number of hydrogen-bond acceptors (Lipinski definition) is 4. The van der Waals surface area contributed by atoms with Crippen LogP contribution in [0.5, 0.6) is 0 Å². The highest BCUT2D eigenvalue weighted by Crippen LogP contribution is 2.30. The summed E-state index contributed by atoms with van der Waals surface area (Å²) in [4.78, 5) is 17.0. The number of nitrogens with zero attached hydrogens (tertiary/aromatic N) is 2. The van der Waals surface area contributed by atoms with Crippen molar-refractivity contribution in [3.63, 3.8) is 0 Å². The van der Waals surface area contributed by atoms with E-state index in [-0.39, 0.29) is 24.2 Å². The van der Waals surface area contributed by atoms with Crippen molar-refractivity contribution in [3.05, 3.63) is 24.2 Å². The van der Waals surface area contributed by atoms with E-state index in [0.29, 0.717) is 19.6 Å². The number of rotatable bonds is 3. The fourth-order valence-corrected chi connectivity index (χ4v) is 3.82. The first-order valence-electron chi connectivity index (χ1n) is 8.84. The number of carbonyl (C=O) groups is 1. The molecule has 0 aromatic carbocycles. The van der Waals surface area contributed by atoms with E-state index in [1.807, 2.05) is 30.9 Å². The zero-order valence-electron chi connectivity index (χ0n) is 14.2. The van der Waals surface area contributed by atoms with E-state index in [1.54, 1.807) is 6.26 Å². The Hall–Kier alpha value is -1.33. The van der Waals surface area contributed by atoms with Crippen LogP contribution in [-0.2, 0) is 9.53 Å². The van der Waals surface area contributed by atoms with Gasteiger partial charge in [-0.15, -0.1) is 0 Å². The molecule has 23 heavy (non-hydrogen) atoms. The number of furan rings is 1. The first-order valence-corrected chi connectivity index (χ1v) is 8.84. The topological polar surface area (TPSA) is 45.9 Å². The van der Waals surface area contributed by atoms with Crippen molar-refractivity contribution in [2.75, 3.05) is 26.2 Å². The van der Waals surface area contributed by atoms with Gasteiger partial charge in [0.25, 0.3) is 0 Å². The molecule has 0 radical (unpaired) electrons. The van der Waals surface area contributed by atoms with Gasteiger partial charge in [0.15, 0.2) is 0 Å². The summed E-state index contributed by atoms with van der Waals surface area (Å²) in [5.41, 5.74) is 0. The van der Waals surface area contributed by atoms with Crippen LogP contribution in [0.15, 0.2) is 22.8 Å². The van der Waals surface area contributed by atoms with Crippen LogP contribution >= 0.6 is 0 Å². The minimum atomic E-state index is 0.118. The van der Waals surface area contributed by atoms with E-state index in [0.717, 1.165) is 25.1 Å². The largest absolute Gasteiger partial charge is 0.468 e. The van der Waals surface area contributed by atoms with Gasteiger partial charge in [-0.05, 0) is 45.4 Å². The average molecular weight is 320 g/mol. The van der Waals surface area contributed by atoms with Gasteiger partial charge in [0.1, 0.15) is 5.76 Å². The van der Waals surface area contributed by atoms with Gasteiger partial charge in [-0.25, -0.2) is 0 Å². The van der Waals surface area contributed by atoms with Crippen molar-refractivity contribution in [1.29, 1.82) is 0 Å². The number of amides is 1. The predicted molar refractivity (Wildman–Crippen MR) is 88.1 cm³/mol. The second-order valence-corrected chi connectivity index (χ2v) is 6.91. The SMILES string of the molecule is C[C@@H]1CN(C(=O)CN2CCCCC[C@H]2c2ccco2)C[C@H](C)O1. The maximum atomic E-state index is 12.8. The summed E-state index contributed by atoms with van der Waals surface area (Å²) >= 11 is 0. The van der Waals surface area contributed by atoms with Gasteiger partial charge in [0.2, 0.25) is 5.91 Å². The number of morpholine rings is 1. The van der Waals surface area contributed by atoms with Crippen LogP contribution in [0.25, 0.3) is 0 Å². The molecule has 0 spiro atoms. The number of carbonyl (C=O) groups excluding carboxylic acids is 1. The van der Waals surface area contributed by atoms with Gasteiger partial charge >= 0.3 is 0 Å². The van der Waals surface area contributed by atoms with Crippen LogP contribution in [0.4, 0.5) is 0 Å². The molecule has 1 aromatic rings. The van der Waals surface area contributed by atoms with Crippen molar-refractivity contribution >= 4 is 5.91 Å². The van der Waals surface area contributed by atoms with Crippen LogP contribution in [0.1, 0.15) is 51.3 Å². The van der Waals surface area contributed by atoms with Crippen LogP contribution in [-0.4, -0.2) is 54.1 Å². The smallest absolute Gasteiger partial charge is 0.236 e. The van der Waals surface area contributed by atoms with E-state index >= 15 is 0 Å². The molecule has 1 aromatic heterocycles. The normalized spacial score (nSPS) is 30.2. The molecular weight excluding hydrogens is 292 g/mol. The molecule has 5 nitrogen and oxygen atoms in total. The third kappa shape index (κ3) is 4.15. The molecule has 5 heteroatoms.